The highest BCUT2D eigenvalue weighted by molar-refractivity contribution is 7.17. The second-order valence-electron chi connectivity index (χ2n) is 7.45. The molecule has 0 spiro atoms. The number of anilines is 1. The molecule has 0 aromatic carbocycles. The lowest BCUT2D eigenvalue weighted by molar-refractivity contribution is 0.0502. The summed E-state index contributed by atoms with van der Waals surface area (Å²) in [4.78, 5) is 34.1. The summed E-state index contributed by atoms with van der Waals surface area (Å²) >= 11 is 1.23. The first-order valence-electron chi connectivity index (χ1n) is 8.81. The zero-order valence-electron chi connectivity index (χ0n) is 15.0. The number of fused-ring (bicyclic) bond motifs is 4. The number of thiazole rings is 1. The van der Waals surface area contributed by atoms with Gasteiger partial charge in [0.2, 0.25) is 0 Å². The molecule has 2 N–H and O–H groups in total. The van der Waals surface area contributed by atoms with Crippen molar-refractivity contribution < 1.29 is 4.79 Å². The van der Waals surface area contributed by atoms with Crippen LogP contribution in [-0.4, -0.2) is 59.0 Å². The molecule has 2 aromatic heterocycles. The molecule has 26 heavy (non-hydrogen) atoms. The minimum absolute atomic E-state index is 0.00997. The third-order valence-corrected chi connectivity index (χ3v) is 6.19. The van der Waals surface area contributed by atoms with Crippen LogP contribution < -0.4 is 11.3 Å². The summed E-state index contributed by atoms with van der Waals surface area (Å²) in [6.07, 6.45) is 2.57. The summed E-state index contributed by atoms with van der Waals surface area (Å²) in [5, 5.41) is 0.410. The minimum atomic E-state index is -0.00997. The zero-order valence-corrected chi connectivity index (χ0v) is 15.8. The maximum Gasteiger partial charge on any atom is 0.265 e. The van der Waals surface area contributed by atoms with Crippen LogP contribution in [-0.2, 0) is 0 Å². The normalized spacial score (nSPS) is 24.6. The van der Waals surface area contributed by atoms with Gasteiger partial charge in [0.05, 0.1) is 12.2 Å². The average molecular weight is 373 g/mol. The molecule has 0 unspecified atom stereocenters. The number of rotatable bonds is 3. The Hall–Kier alpha value is -2.19. The Kier molecular flexibility index (Phi) is 4.32. The summed E-state index contributed by atoms with van der Waals surface area (Å²) in [6, 6.07) is 5.57. The molecule has 2 aromatic rings. The van der Waals surface area contributed by atoms with E-state index < -0.39 is 0 Å². The predicted octanol–water partition coefficient (Wildman–Crippen LogP) is 1.25. The molecule has 0 saturated carbocycles. The highest BCUT2D eigenvalue weighted by atomic mass is 32.1. The second-order valence-corrected chi connectivity index (χ2v) is 8.52. The van der Waals surface area contributed by atoms with Crippen molar-refractivity contribution in [1.29, 1.82) is 0 Å². The van der Waals surface area contributed by atoms with Gasteiger partial charge < -0.3 is 20.1 Å². The van der Waals surface area contributed by atoms with Gasteiger partial charge in [0.15, 0.2) is 5.13 Å². The number of carbonyl (C=O) groups is 1. The van der Waals surface area contributed by atoms with E-state index in [2.05, 4.69) is 9.88 Å². The maximum atomic E-state index is 12.9. The summed E-state index contributed by atoms with van der Waals surface area (Å²) in [7, 11) is 4.04. The van der Waals surface area contributed by atoms with E-state index in [1.54, 1.807) is 12.3 Å². The monoisotopic (exact) mass is 373 g/mol. The van der Waals surface area contributed by atoms with Crippen molar-refractivity contribution in [3.8, 4) is 0 Å². The minimum Gasteiger partial charge on any atom is -0.375 e. The van der Waals surface area contributed by atoms with Crippen LogP contribution in [0.4, 0.5) is 5.13 Å². The molecular weight excluding hydrogens is 350 g/mol. The van der Waals surface area contributed by atoms with Crippen molar-refractivity contribution in [2.75, 3.05) is 39.5 Å². The van der Waals surface area contributed by atoms with Crippen molar-refractivity contribution in [2.24, 2.45) is 5.92 Å². The average Bonchev–Trinajstić information content (AvgIpc) is 3.04. The third kappa shape index (κ3) is 2.93. The lowest BCUT2D eigenvalue weighted by atomic mass is 9.78. The summed E-state index contributed by atoms with van der Waals surface area (Å²) in [5.41, 5.74) is 6.79. The molecule has 8 heteroatoms. The maximum absolute atomic E-state index is 12.9. The smallest absolute Gasteiger partial charge is 0.265 e. The number of aromatic nitrogens is 2. The third-order valence-electron chi connectivity index (χ3n) is 5.37. The van der Waals surface area contributed by atoms with E-state index in [4.69, 9.17) is 5.73 Å². The fraction of sp³-hybridized carbons (Fsp3) is 0.500. The molecule has 2 bridgehead atoms. The molecule has 138 valence electrons. The van der Waals surface area contributed by atoms with Gasteiger partial charge in [-0.3, -0.25) is 9.59 Å². The van der Waals surface area contributed by atoms with Crippen LogP contribution in [0.2, 0.25) is 0 Å². The largest absolute Gasteiger partial charge is 0.375 e. The van der Waals surface area contributed by atoms with Gasteiger partial charge in [0, 0.05) is 37.3 Å². The summed E-state index contributed by atoms with van der Waals surface area (Å²) in [5.74, 6) is 0.442. The van der Waals surface area contributed by atoms with E-state index in [1.807, 2.05) is 35.7 Å². The van der Waals surface area contributed by atoms with Crippen LogP contribution in [0.15, 0.2) is 29.2 Å². The Morgan fingerprint density at radius 3 is 2.88 bits per heavy atom. The topological polar surface area (TPSA) is 84.5 Å². The van der Waals surface area contributed by atoms with Gasteiger partial charge in [-0.15, -0.1) is 0 Å². The van der Waals surface area contributed by atoms with E-state index in [0.717, 1.165) is 18.7 Å². The van der Waals surface area contributed by atoms with Crippen LogP contribution in [0, 0.1) is 5.92 Å². The first-order chi connectivity index (χ1) is 12.4. The number of carbonyl (C=O) groups excluding carboxylic acids is 1. The fourth-order valence-corrected chi connectivity index (χ4v) is 5.01. The van der Waals surface area contributed by atoms with Gasteiger partial charge in [-0.2, -0.15) is 0 Å². The Morgan fingerprint density at radius 2 is 2.19 bits per heavy atom. The Morgan fingerprint density at radius 1 is 1.38 bits per heavy atom. The van der Waals surface area contributed by atoms with E-state index >= 15 is 0 Å². The van der Waals surface area contributed by atoms with E-state index in [1.165, 1.54) is 11.3 Å². The summed E-state index contributed by atoms with van der Waals surface area (Å²) in [6.45, 7) is 2.07. The standard InChI is InChI=1S/C18H23N5O2S/c1-21(2)10-14-12-6-11(13-4-3-5-16(24)23(13)14)8-22(9-12)17(25)15-7-20-18(19)26-15/h3-5,7,11-12,14H,6,8-10H2,1-2H3,(H2,19,20)/t11-,12+,14+/m1/s1. The van der Waals surface area contributed by atoms with Crippen LogP contribution in [0.25, 0.3) is 0 Å². The molecule has 4 rings (SSSR count). The van der Waals surface area contributed by atoms with Crippen molar-refractivity contribution in [2.45, 2.75) is 18.4 Å². The number of piperidine rings is 1. The van der Waals surface area contributed by atoms with Gasteiger partial charge in [-0.1, -0.05) is 17.4 Å². The number of likely N-dealkylation sites (tertiary alicyclic amines) is 1. The summed E-state index contributed by atoms with van der Waals surface area (Å²) < 4.78 is 1.96. The highest BCUT2D eigenvalue weighted by Crippen LogP contribution is 2.41. The molecule has 1 fully saturated rings. The van der Waals surface area contributed by atoms with E-state index in [-0.39, 0.29) is 29.3 Å². The van der Waals surface area contributed by atoms with Crippen LogP contribution in [0.3, 0.4) is 0 Å². The lowest BCUT2D eigenvalue weighted by Crippen LogP contribution is -2.52. The van der Waals surface area contributed by atoms with Crippen LogP contribution >= 0.6 is 11.3 Å². The molecule has 2 aliphatic rings. The fourth-order valence-electron chi connectivity index (χ4n) is 4.36. The van der Waals surface area contributed by atoms with Crippen LogP contribution in [0.5, 0.6) is 0 Å². The van der Waals surface area contributed by atoms with E-state index in [0.29, 0.717) is 23.1 Å². The van der Waals surface area contributed by atoms with Gasteiger partial charge in [-0.25, -0.2) is 4.98 Å². The molecule has 0 radical (unpaired) electrons. The number of hydrogen-bond donors (Lipinski definition) is 1. The number of nitrogens with two attached hydrogens (primary N) is 1. The number of pyridine rings is 1. The van der Waals surface area contributed by atoms with Crippen molar-refractivity contribution >= 4 is 22.4 Å². The van der Waals surface area contributed by atoms with Gasteiger partial charge >= 0.3 is 0 Å². The molecule has 2 aliphatic heterocycles. The molecule has 4 heterocycles. The zero-order chi connectivity index (χ0) is 18.4. The van der Waals surface area contributed by atoms with Gasteiger partial charge in [-0.05, 0) is 32.5 Å². The van der Waals surface area contributed by atoms with E-state index in [9.17, 15) is 9.59 Å². The number of nitrogen functional groups attached to an aromatic ring is 1. The molecule has 1 saturated heterocycles. The molecule has 3 atom stereocenters. The lowest BCUT2D eigenvalue weighted by Gasteiger charge is -2.47. The highest BCUT2D eigenvalue weighted by Gasteiger charge is 2.42. The van der Waals surface area contributed by atoms with Crippen molar-refractivity contribution in [3.63, 3.8) is 0 Å². The Balaban J connectivity index is 1.70. The quantitative estimate of drug-likeness (QED) is 0.875. The van der Waals surface area contributed by atoms with Crippen molar-refractivity contribution in [1.82, 2.24) is 19.4 Å². The van der Waals surface area contributed by atoms with Gasteiger partial charge in [0.1, 0.15) is 4.88 Å². The Bertz CT molecular complexity index is 890. The SMILES string of the molecule is CN(C)C[C@H]1[C@H]2C[C@H](CN(C(=O)c3cnc(N)s3)C2)c2cccc(=O)n21. The molecule has 1 amide bonds. The Labute approximate surface area is 156 Å². The van der Waals surface area contributed by atoms with Crippen molar-refractivity contribution in [3.05, 3.63) is 45.3 Å². The first-order valence-corrected chi connectivity index (χ1v) is 9.62. The molecule has 7 nitrogen and oxygen atoms in total. The second kappa shape index (κ2) is 6.51. The number of amides is 1. The number of likely N-dealkylation sites (N-methyl/N-ethyl adjacent to an activating group) is 1. The van der Waals surface area contributed by atoms with Gasteiger partial charge in [0.25, 0.3) is 11.5 Å². The number of hydrogen-bond acceptors (Lipinski definition) is 6. The molecule has 0 aliphatic carbocycles. The number of nitrogens with zero attached hydrogens (tertiary/aromatic N) is 4. The van der Waals surface area contributed by atoms with Crippen LogP contribution in [0.1, 0.15) is 33.7 Å². The predicted molar refractivity (Wildman–Crippen MR) is 102 cm³/mol. The first kappa shape index (κ1) is 17.2. The molecular formula is C18H23N5O2S.